The molecule has 3 heterocycles. The molecule has 4 rings (SSSR count). The third-order valence-electron chi connectivity index (χ3n) is 4.50. The van der Waals surface area contributed by atoms with Crippen LogP contribution in [0.2, 0.25) is 0 Å². The molecule has 122 valence electrons. The first kappa shape index (κ1) is 14.9. The summed E-state index contributed by atoms with van der Waals surface area (Å²) in [4.78, 5) is 17.2. The van der Waals surface area contributed by atoms with E-state index in [-0.39, 0.29) is 5.63 Å². The van der Waals surface area contributed by atoms with E-state index in [0.29, 0.717) is 12.3 Å². The van der Waals surface area contributed by atoms with Crippen LogP contribution in [0.1, 0.15) is 23.6 Å². The lowest BCUT2D eigenvalue weighted by Crippen LogP contribution is -3.10. The van der Waals surface area contributed by atoms with Gasteiger partial charge in [0.15, 0.2) is 5.58 Å². The Morgan fingerprint density at radius 2 is 2.04 bits per heavy atom. The Kier molecular flexibility index (Phi) is 3.78. The molecular weight excluding hydrogens is 304 g/mol. The Balaban J connectivity index is 1.74. The summed E-state index contributed by atoms with van der Waals surface area (Å²) in [6, 6.07) is 9.59. The van der Waals surface area contributed by atoms with Crippen LogP contribution in [0.3, 0.4) is 0 Å². The second-order valence-electron chi connectivity index (χ2n) is 6.11. The number of rotatable bonds is 3. The van der Waals surface area contributed by atoms with Crippen LogP contribution in [0.5, 0.6) is 5.75 Å². The van der Waals surface area contributed by atoms with Crippen molar-refractivity contribution < 1.29 is 14.1 Å². The highest BCUT2D eigenvalue weighted by Gasteiger charge is 2.25. The number of hydrogen-bond acceptors (Lipinski definition) is 4. The van der Waals surface area contributed by atoms with Gasteiger partial charge >= 0.3 is 5.63 Å². The van der Waals surface area contributed by atoms with E-state index in [1.807, 2.05) is 31.2 Å². The van der Waals surface area contributed by atoms with E-state index in [9.17, 15) is 4.79 Å². The zero-order chi connectivity index (χ0) is 16.5. The van der Waals surface area contributed by atoms with Crippen molar-refractivity contribution >= 4 is 11.0 Å². The second-order valence-corrected chi connectivity index (χ2v) is 6.11. The van der Waals surface area contributed by atoms with E-state index < -0.39 is 0 Å². The number of pyridine rings is 1. The number of benzene rings is 1. The Hall–Kier alpha value is -2.66. The number of fused-ring (bicyclic) bond motifs is 3. The molecule has 1 aromatic carbocycles. The first-order chi connectivity index (χ1) is 11.7. The third kappa shape index (κ3) is 2.67. The molecule has 1 unspecified atom stereocenters. The van der Waals surface area contributed by atoms with Crippen LogP contribution in [-0.2, 0) is 19.5 Å². The second kappa shape index (κ2) is 6.09. The maximum Gasteiger partial charge on any atom is 0.336 e. The maximum absolute atomic E-state index is 11.9. The number of ether oxygens (including phenoxy) is 1. The molecule has 0 fully saturated rings. The van der Waals surface area contributed by atoms with E-state index in [4.69, 9.17) is 9.15 Å². The Labute approximate surface area is 139 Å². The molecule has 1 aliphatic rings. The van der Waals surface area contributed by atoms with Crippen molar-refractivity contribution in [3.63, 3.8) is 0 Å². The van der Waals surface area contributed by atoms with Crippen LogP contribution >= 0.6 is 0 Å². The molecule has 5 heteroatoms. The molecular formula is C19H19N2O3+. The zero-order valence-corrected chi connectivity index (χ0v) is 13.5. The number of nitrogens with one attached hydrogen (secondary N) is 1. The molecule has 0 bridgehead atoms. The van der Waals surface area contributed by atoms with E-state index >= 15 is 0 Å². The summed E-state index contributed by atoms with van der Waals surface area (Å²) in [5, 5.41) is 1.00. The highest BCUT2D eigenvalue weighted by Crippen LogP contribution is 2.30. The fraction of sp³-hybridized carbons (Fsp3) is 0.263. The molecule has 0 saturated carbocycles. The fourth-order valence-corrected chi connectivity index (χ4v) is 3.31. The van der Waals surface area contributed by atoms with Crippen molar-refractivity contribution in [1.29, 1.82) is 0 Å². The highest BCUT2D eigenvalue weighted by molar-refractivity contribution is 5.85. The van der Waals surface area contributed by atoms with Crippen LogP contribution < -0.4 is 15.3 Å². The predicted octanol–water partition coefficient (Wildman–Crippen LogP) is 1.69. The molecule has 1 aliphatic heterocycles. The monoisotopic (exact) mass is 323 g/mol. The molecule has 5 nitrogen and oxygen atoms in total. The van der Waals surface area contributed by atoms with Gasteiger partial charge in [-0.15, -0.1) is 0 Å². The van der Waals surface area contributed by atoms with Gasteiger partial charge in [-0.25, -0.2) is 4.79 Å². The van der Waals surface area contributed by atoms with Crippen LogP contribution in [0.4, 0.5) is 0 Å². The smallest absolute Gasteiger partial charge is 0.336 e. The van der Waals surface area contributed by atoms with Gasteiger partial charge < -0.3 is 9.15 Å². The topological polar surface area (TPSA) is 56.8 Å². The maximum atomic E-state index is 11.9. The van der Waals surface area contributed by atoms with Gasteiger partial charge in [-0.3, -0.25) is 9.88 Å². The molecule has 3 aromatic rings. The van der Waals surface area contributed by atoms with Crippen LogP contribution in [0.25, 0.3) is 11.0 Å². The van der Waals surface area contributed by atoms with Gasteiger partial charge in [0.1, 0.15) is 18.8 Å². The van der Waals surface area contributed by atoms with Crippen molar-refractivity contribution in [2.75, 3.05) is 6.73 Å². The minimum absolute atomic E-state index is 0.297. The molecule has 0 amide bonds. The Morgan fingerprint density at radius 3 is 2.83 bits per heavy atom. The number of hydrogen-bond donors (Lipinski definition) is 1. The lowest BCUT2D eigenvalue weighted by Gasteiger charge is -2.26. The summed E-state index contributed by atoms with van der Waals surface area (Å²) in [6.07, 6.45) is 4.40. The molecule has 2 aromatic heterocycles. The van der Waals surface area contributed by atoms with Crippen LogP contribution in [-0.4, -0.2) is 11.7 Å². The molecule has 0 radical (unpaired) electrons. The fourth-order valence-electron chi connectivity index (χ4n) is 3.31. The summed E-state index contributed by atoms with van der Waals surface area (Å²) in [7, 11) is 0. The lowest BCUT2D eigenvalue weighted by molar-refractivity contribution is -0.945. The van der Waals surface area contributed by atoms with Gasteiger partial charge in [-0.05, 0) is 36.2 Å². The summed E-state index contributed by atoms with van der Waals surface area (Å²) < 4.78 is 11.5. The first-order valence-corrected chi connectivity index (χ1v) is 8.18. The van der Waals surface area contributed by atoms with Crippen molar-refractivity contribution in [3.05, 3.63) is 69.8 Å². The predicted molar refractivity (Wildman–Crippen MR) is 90.0 cm³/mol. The van der Waals surface area contributed by atoms with Crippen molar-refractivity contribution in [2.24, 2.45) is 0 Å². The van der Waals surface area contributed by atoms with Crippen LogP contribution in [0, 0.1) is 0 Å². The van der Waals surface area contributed by atoms with Crippen LogP contribution in [0.15, 0.2) is 51.9 Å². The van der Waals surface area contributed by atoms with E-state index in [1.54, 1.807) is 18.5 Å². The Bertz CT molecular complexity index is 934. The lowest BCUT2D eigenvalue weighted by atomic mass is 10.0. The first-order valence-electron chi connectivity index (χ1n) is 8.18. The van der Waals surface area contributed by atoms with E-state index in [0.717, 1.165) is 41.8 Å². The molecule has 24 heavy (non-hydrogen) atoms. The highest BCUT2D eigenvalue weighted by atomic mass is 16.5. The summed E-state index contributed by atoms with van der Waals surface area (Å²) in [5.41, 5.74) is 3.58. The molecule has 1 atom stereocenters. The number of aryl methyl sites for hydroxylation is 1. The number of quaternary nitrogens is 1. The normalized spacial score (nSPS) is 16.6. The summed E-state index contributed by atoms with van der Waals surface area (Å²) >= 11 is 0. The standard InChI is InChI=1S/C19H18N2O3/c1-2-14-9-18(22)24-19-15(14)3-4-17-16(19)11-21(12-23-17)10-13-5-7-20-8-6-13/h3-9H,2,10-12H2,1H3/p+1. The molecule has 0 aliphatic carbocycles. The average Bonchev–Trinajstić information content (AvgIpc) is 2.62. The summed E-state index contributed by atoms with van der Waals surface area (Å²) in [6.45, 7) is 4.25. The Morgan fingerprint density at radius 1 is 1.21 bits per heavy atom. The average molecular weight is 323 g/mol. The van der Waals surface area contributed by atoms with E-state index in [1.165, 1.54) is 10.5 Å². The number of nitrogens with zero attached hydrogens (tertiary/aromatic N) is 1. The van der Waals surface area contributed by atoms with Gasteiger partial charge in [-0.1, -0.05) is 6.92 Å². The van der Waals surface area contributed by atoms with Gasteiger partial charge in [0.2, 0.25) is 6.73 Å². The molecule has 0 spiro atoms. The van der Waals surface area contributed by atoms with Gasteiger partial charge in [-0.2, -0.15) is 0 Å². The summed E-state index contributed by atoms with van der Waals surface area (Å²) in [5.74, 6) is 0.817. The van der Waals surface area contributed by atoms with Crippen molar-refractivity contribution in [2.45, 2.75) is 26.4 Å². The van der Waals surface area contributed by atoms with Gasteiger partial charge in [0.05, 0.1) is 5.56 Å². The zero-order valence-electron chi connectivity index (χ0n) is 13.5. The van der Waals surface area contributed by atoms with E-state index in [2.05, 4.69) is 4.98 Å². The number of aromatic nitrogens is 1. The molecule has 1 N–H and O–H groups in total. The van der Waals surface area contributed by atoms with Crippen molar-refractivity contribution in [1.82, 2.24) is 4.98 Å². The largest absolute Gasteiger partial charge is 0.445 e. The minimum Gasteiger partial charge on any atom is -0.445 e. The molecule has 0 saturated heterocycles. The SMILES string of the molecule is CCc1cc(=O)oc2c3c(ccc12)OC[NH+](Cc1ccncc1)C3. The minimum atomic E-state index is -0.297. The van der Waals surface area contributed by atoms with Gasteiger partial charge in [0.25, 0.3) is 0 Å². The third-order valence-corrected chi connectivity index (χ3v) is 4.50. The van der Waals surface area contributed by atoms with Crippen molar-refractivity contribution in [3.8, 4) is 5.75 Å². The van der Waals surface area contributed by atoms with Gasteiger partial charge in [0, 0.05) is 29.4 Å². The quantitative estimate of drug-likeness (QED) is 0.745.